The summed E-state index contributed by atoms with van der Waals surface area (Å²) in [5.74, 6) is 0.897. The number of rotatable bonds is 5. The van der Waals surface area contributed by atoms with E-state index in [4.69, 9.17) is 0 Å². The van der Waals surface area contributed by atoms with Gasteiger partial charge < -0.3 is 10.4 Å². The summed E-state index contributed by atoms with van der Waals surface area (Å²) >= 11 is 0. The molecule has 13 heavy (non-hydrogen) atoms. The molecule has 0 saturated heterocycles. The molecule has 0 radical (unpaired) electrons. The van der Waals surface area contributed by atoms with Gasteiger partial charge >= 0.3 is 0 Å². The van der Waals surface area contributed by atoms with Crippen LogP contribution >= 0.6 is 0 Å². The molecule has 1 aliphatic rings. The van der Waals surface area contributed by atoms with Gasteiger partial charge in [-0.3, -0.25) is 0 Å². The van der Waals surface area contributed by atoms with Crippen LogP contribution in [0.4, 0.5) is 0 Å². The van der Waals surface area contributed by atoms with E-state index in [2.05, 4.69) is 12.2 Å². The smallest absolute Gasteiger partial charge is 0.0549 e. The van der Waals surface area contributed by atoms with Crippen LogP contribution in [0, 0.1) is 5.92 Å². The van der Waals surface area contributed by atoms with Crippen molar-refractivity contribution in [1.29, 1.82) is 0 Å². The standard InChI is InChI=1S/C11H23NO/c1-3-11(13)6-7-12-10-5-4-9(2)8-10/h9-13H,3-8H2,1-2H3. The van der Waals surface area contributed by atoms with E-state index in [1.807, 2.05) is 6.92 Å². The Morgan fingerprint density at radius 3 is 2.77 bits per heavy atom. The predicted molar refractivity (Wildman–Crippen MR) is 55.7 cm³/mol. The maximum atomic E-state index is 9.34. The molecule has 0 aromatic heterocycles. The van der Waals surface area contributed by atoms with Crippen LogP contribution in [0.3, 0.4) is 0 Å². The van der Waals surface area contributed by atoms with Crippen LogP contribution in [0.5, 0.6) is 0 Å². The monoisotopic (exact) mass is 185 g/mol. The first-order chi connectivity index (χ1) is 6.22. The van der Waals surface area contributed by atoms with Crippen LogP contribution in [0.15, 0.2) is 0 Å². The minimum Gasteiger partial charge on any atom is -0.393 e. The summed E-state index contributed by atoms with van der Waals surface area (Å²) < 4.78 is 0. The highest BCUT2D eigenvalue weighted by Crippen LogP contribution is 2.24. The second-order valence-corrected chi connectivity index (χ2v) is 4.42. The average Bonchev–Trinajstić information content (AvgIpc) is 2.51. The average molecular weight is 185 g/mol. The quantitative estimate of drug-likeness (QED) is 0.686. The van der Waals surface area contributed by atoms with E-state index in [0.29, 0.717) is 0 Å². The number of aliphatic hydroxyl groups is 1. The zero-order valence-corrected chi connectivity index (χ0v) is 8.92. The molecule has 1 rings (SSSR count). The van der Waals surface area contributed by atoms with E-state index in [9.17, 15) is 5.11 Å². The second-order valence-electron chi connectivity index (χ2n) is 4.42. The zero-order chi connectivity index (χ0) is 9.68. The predicted octanol–water partition coefficient (Wildman–Crippen LogP) is 1.93. The van der Waals surface area contributed by atoms with E-state index < -0.39 is 0 Å². The third-order valence-electron chi connectivity index (χ3n) is 3.08. The van der Waals surface area contributed by atoms with Crippen molar-refractivity contribution in [3.05, 3.63) is 0 Å². The van der Waals surface area contributed by atoms with Crippen LogP contribution in [-0.2, 0) is 0 Å². The molecular formula is C11H23NO. The summed E-state index contributed by atoms with van der Waals surface area (Å²) in [5.41, 5.74) is 0. The summed E-state index contributed by atoms with van der Waals surface area (Å²) in [4.78, 5) is 0. The van der Waals surface area contributed by atoms with Crippen molar-refractivity contribution in [2.45, 2.75) is 58.1 Å². The summed E-state index contributed by atoms with van der Waals surface area (Å²) in [6.07, 6.45) is 5.69. The van der Waals surface area contributed by atoms with E-state index in [1.165, 1.54) is 19.3 Å². The third kappa shape index (κ3) is 4.10. The Hall–Kier alpha value is -0.0800. The summed E-state index contributed by atoms with van der Waals surface area (Å²) in [7, 11) is 0. The van der Waals surface area contributed by atoms with Gasteiger partial charge in [0, 0.05) is 6.04 Å². The van der Waals surface area contributed by atoms with Gasteiger partial charge in [-0.2, -0.15) is 0 Å². The van der Waals surface area contributed by atoms with Crippen molar-refractivity contribution in [3.8, 4) is 0 Å². The second kappa shape index (κ2) is 5.61. The molecule has 1 aliphatic carbocycles. The van der Waals surface area contributed by atoms with Gasteiger partial charge in [0.05, 0.1) is 6.10 Å². The largest absolute Gasteiger partial charge is 0.393 e. The number of hydrogen-bond donors (Lipinski definition) is 2. The van der Waals surface area contributed by atoms with E-state index in [-0.39, 0.29) is 6.10 Å². The van der Waals surface area contributed by atoms with Gasteiger partial charge in [-0.1, -0.05) is 13.8 Å². The Morgan fingerprint density at radius 2 is 2.23 bits per heavy atom. The van der Waals surface area contributed by atoms with E-state index in [1.54, 1.807) is 0 Å². The number of nitrogens with one attached hydrogen (secondary N) is 1. The van der Waals surface area contributed by atoms with Gasteiger partial charge in [0.1, 0.15) is 0 Å². The first-order valence-electron chi connectivity index (χ1n) is 5.63. The molecule has 2 heteroatoms. The topological polar surface area (TPSA) is 32.3 Å². The lowest BCUT2D eigenvalue weighted by Gasteiger charge is -2.13. The van der Waals surface area contributed by atoms with Crippen LogP contribution in [0.2, 0.25) is 0 Å². The number of aliphatic hydroxyl groups excluding tert-OH is 1. The first kappa shape index (κ1) is 11.0. The van der Waals surface area contributed by atoms with Crippen molar-refractivity contribution in [2.75, 3.05) is 6.54 Å². The first-order valence-corrected chi connectivity index (χ1v) is 5.63. The van der Waals surface area contributed by atoms with Gasteiger partial charge in [-0.15, -0.1) is 0 Å². The maximum absolute atomic E-state index is 9.34. The molecule has 78 valence electrons. The molecule has 0 spiro atoms. The highest BCUT2D eigenvalue weighted by molar-refractivity contribution is 4.78. The Kier molecular flexibility index (Phi) is 4.74. The summed E-state index contributed by atoms with van der Waals surface area (Å²) in [5, 5.41) is 12.9. The molecule has 3 atom stereocenters. The summed E-state index contributed by atoms with van der Waals surface area (Å²) in [6.45, 7) is 5.33. The van der Waals surface area contributed by atoms with Crippen molar-refractivity contribution < 1.29 is 5.11 Å². The van der Waals surface area contributed by atoms with Gasteiger partial charge in [-0.25, -0.2) is 0 Å². The van der Waals surface area contributed by atoms with Crippen LogP contribution < -0.4 is 5.32 Å². The third-order valence-corrected chi connectivity index (χ3v) is 3.08. The van der Waals surface area contributed by atoms with Gasteiger partial charge in [-0.05, 0) is 44.6 Å². The molecule has 2 N–H and O–H groups in total. The molecule has 2 nitrogen and oxygen atoms in total. The summed E-state index contributed by atoms with van der Waals surface area (Å²) in [6, 6.07) is 0.721. The van der Waals surface area contributed by atoms with Crippen molar-refractivity contribution in [1.82, 2.24) is 5.32 Å². The fourth-order valence-corrected chi connectivity index (χ4v) is 2.05. The molecule has 3 unspecified atom stereocenters. The molecule has 0 aliphatic heterocycles. The van der Waals surface area contributed by atoms with Crippen molar-refractivity contribution in [2.24, 2.45) is 5.92 Å². The number of hydrogen-bond acceptors (Lipinski definition) is 2. The highest BCUT2D eigenvalue weighted by atomic mass is 16.3. The molecule has 0 heterocycles. The Labute approximate surface area is 81.7 Å². The van der Waals surface area contributed by atoms with Gasteiger partial charge in [0.15, 0.2) is 0 Å². The lowest BCUT2D eigenvalue weighted by Crippen LogP contribution is -2.29. The molecule has 1 fully saturated rings. The lowest BCUT2D eigenvalue weighted by molar-refractivity contribution is 0.158. The van der Waals surface area contributed by atoms with E-state index in [0.717, 1.165) is 31.3 Å². The van der Waals surface area contributed by atoms with Crippen LogP contribution in [0.25, 0.3) is 0 Å². The van der Waals surface area contributed by atoms with Crippen LogP contribution in [-0.4, -0.2) is 23.8 Å². The fraction of sp³-hybridized carbons (Fsp3) is 1.00. The fourth-order valence-electron chi connectivity index (χ4n) is 2.05. The molecule has 0 amide bonds. The normalized spacial score (nSPS) is 30.7. The molecule has 1 saturated carbocycles. The van der Waals surface area contributed by atoms with Crippen LogP contribution in [0.1, 0.15) is 46.0 Å². The van der Waals surface area contributed by atoms with Gasteiger partial charge in [0.2, 0.25) is 0 Å². The lowest BCUT2D eigenvalue weighted by atomic mass is 10.1. The Bertz CT molecular complexity index is 138. The molecular weight excluding hydrogens is 162 g/mol. The minimum atomic E-state index is -0.105. The Balaban J connectivity index is 2.00. The SMILES string of the molecule is CCC(O)CCNC1CCC(C)C1. The molecule has 0 bridgehead atoms. The highest BCUT2D eigenvalue weighted by Gasteiger charge is 2.20. The minimum absolute atomic E-state index is 0.105. The van der Waals surface area contributed by atoms with E-state index >= 15 is 0 Å². The Morgan fingerprint density at radius 1 is 1.46 bits per heavy atom. The van der Waals surface area contributed by atoms with Gasteiger partial charge in [0.25, 0.3) is 0 Å². The molecule has 0 aromatic rings. The van der Waals surface area contributed by atoms with Crippen molar-refractivity contribution >= 4 is 0 Å². The molecule has 0 aromatic carbocycles. The maximum Gasteiger partial charge on any atom is 0.0549 e. The zero-order valence-electron chi connectivity index (χ0n) is 8.92. The van der Waals surface area contributed by atoms with Crippen molar-refractivity contribution in [3.63, 3.8) is 0 Å².